The molecule has 0 aromatic heterocycles. The van der Waals surface area contributed by atoms with Crippen LogP contribution in [0.15, 0.2) is 54.6 Å². The number of amides is 1. The number of aryl methyl sites for hydroxylation is 1. The Labute approximate surface area is 147 Å². The van der Waals surface area contributed by atoms with Crippen LogP contribution in [0.3, 0.4) is 0 Å². The van der Waals surface area contributed by atoms with E-state index in [2.05, 4.69) is 0 Å². The van der Waals surface area contributed by atoms with Crippen LogP contribution in [0, 0.1) is 0 Å². The topological polar surface area (TPSA) is 66.8 Å². The van der Waals surface area contributed by atoms with Gasteiger partial charge in [-0.1, -0.05) is 48.5 Å². The molecule has 5 nitrogen and oxygen atoms in total. The quantitative estimate of drug-likeness (QED) is 0.750. The van der Waals surface area contributed by atoms with Crippen molar-refractivity contribution in [1.29, 1.82) is 0 Å². The van der Waals surface area contributed by atoms with Crippen LogP contribution in [0.5, 0.6) is 5.75 Å². The fraction of sp³-hybridized carbons (Fsp3) is 0.300. The van der Waals surface area contributed by atoms with Gasteiger partial charge in [0.25, 0.3) is 0 Å². The van der Waals surface area contributed by atoms with E-state index in [4.69, 9.17) is 4.74 Å². The molecule has 0 radical (unpaired) electrons. The van der Waals surface area contributed by atoms with Gasteiger partial charge in [0, 0.05) is 13.0 Å². The van der Waals surface area contributed by atoms with Crippen molar-refractivity contribution < 1.29 is 19.4 Å². The van der Waals surface area contributed by atoms with E-state index < -0.39 is 5.97 Å². The van der Waals surface area contributed by atoms with Gasteiger partial charge in [-0.3, -0.25) is 9.59 Å². The summed E-state index contributed by atoms with van der Waals surface area (Å²) in [5.74, 6) is -0.398. The van der Waals surface area contributed by atoms with Crippen LogP contribution >= 0.6 is 0 Å². The molecule has 0 saturated heterocycles. The van der Waals surface area contributed by atoms with E-state index in [1.54, 1.807) is 25.1 Å². The van der Waals surface area contributed by atoms with E-state index in [0.29, 0.717) is 18.5 Å². The maximum atomic E-state index is 12.6. The number of aromatic hydroxyl groups is 1. The number of esters is 1. The highest BCUT2D eigenvalue weighted by Gasteiger charge is 2.18. The first-order chi connectivity index (χ1) is 12.1. The van der Waals surface area contributed by atoms with Crippen LogP contribution < -0.4 is 0 Å². The molecule has 0 aliphatic rings. The lowest BCUT2D eigenvalue weighted by molar-refractivity contribution is -0.149. The molecule has 0 bridgehead atoms. The molecule has 2 aromatic carbocycles. The minimum absolute atomic E-state index is 0.0810. The molecule has 5 heteroatoms. The monoisotopic (exact) mass is 341 g/mol. The number of hydrogen-bond donors (Lipinski definition) is 1. The summed E-state index contributed by atoms with van der Waals surface area (Å²) in [5, 5.41) is 9.81. The number of rotatable bonds is 8. The Morgan fingerprint density at radius 2 is 1.72 bits per heavy atom. The number of hydrogen-bond acceptors (Lipinski definition) is 4. The maximum Gasteiger partial charge on any atom is 0.325 e. The third-order valence-electron chi connectivity index (χ3n) is 3.79. The average Bonchev–Trinajstić information content (AvgIpc) is 2.61. The van der Waals surface area contributed by atoms with Crippen molar-refractivity contribution in [3.05, 3.63) is 65.7 Å². The Morgan fingerprint density at radius 3 is 2.40 bits per heavy atom. The van der Waals surface area contributed by atoms with Crippen molar-refractivity contribution in [2.24, 2.45) is 0 Å². The SMILES string of the molecule is CCOC(=O)CN(Cc1ccccc1)C(=O)CCc1ccccc1O. The fourth-order valence-electron chi connectivity index (χ4n) is 2.52. The number of phenolic OH excluding ortho intramolecular Hbond substituents is 1. The second-order valence-electron chi connectivity index (χ2n) is 5.67. The molecule has 0 aliphatic carbocycles. The van der Waals surface area contributed by atoms with E-state index >= 15 is 0 Å². The lowest BCUT2D eigenvalue weighted by atomic mass is 10.1. The predicted octanol–water partition coefficient (Wildman–Crippen LogP) is 2.92. The van der Waals surface area contributed by atoms with Crippen molar-refractivity contribution >= 4 is 11.9 Å². The van der Waals surface area contributed by atoms with Gasteiger partial charge in [0.1, 0.15) is 12.3 Å². The van der Waals surface area contributed by atoms with Crippen LogP contribution in [0.25, 0.3) is 0 Å². The predicted molar refractivity (Wildman–Crippen MR) is 94.9 cm³/mol. The summed E-state index contributed by atoms with van der Waals surface area (Å²) in [6.45, 7) is 2.28. The van der Waals surface area contributed by atoms with Gasteiger partial charge in [-0.25, -0.2) is 0 Å². The molecule has 1 N–H and O–H groups in total. The van der Waals surface area contributed by atoms with Gasteiger partial charge in [0.2, 0.25) is 5.91 Å². The Balaban J connectivity index is 2.03. The minimum Gasteiger partial charge on any atom is -0.508 e. The number of para-hydroxylation sites is 1. The summed E-state index contributed by atoms with van der Waals surface area (Å²) >= 11 is 0. The van der Waals surface area contributed by atoms with Gasteiger partial charge in [-0.15, -0.1) is 0 Å². The second-order valence-corrected chi connectivity index (χ2v) is 5.67. The number of carbonyl (C=O) groups is 2. The van der Waals surface area contributed by atoms with Crippen LogP contribution in [0.1, 0.15) is 24.5 Å². The Morgan fingerprint density at radius 1 is 1.04 bits per heavy atom. The first-order valence-electron chi connectivity index (χ1n) is 8.34. The molecule has 132 valence electrons. The van der Waals surface area contributed by atoms with Gasteiger partial charge >= 0.3 is 5.97 Å². The van der Waals surface area contributed by atoms with E-state index in [1.807, 2.05) is 36.4 Å². The summed E-state index contributed by atoms with van der Waals surface area (Å²) in [5.41, 5.74) is 1.66. The Hall–Kier alpha value is -2.82. The van der Waals surface area contributed by atoms with E-state index in [1.165, 1.54) is 4.90 Å². The van der Waals surface area contributed by atoms with Gasteiger partial charge < -0.3 is 14.7 Å². The van der Waals surface area contributed by atoms with Gasteiger partial charge in [-0.05, 0) is 30.5 Å². The highest BCUT2D eigenvalue weighted by atomic mass is 16.5. The number of benzene rings is 2. The van der Waals surface area contributed by atoms with Gasteiger partial charge in [0.05, 0.1) is 6.61 Å². The molecule has 2 aromatic rings. The number of nitrogens with zero attached hydrogens (tertiary/aromatic N) is 1. The summed E-state index contributed by atoms with van der Waals surface area (Å²) in [6, 6.07) is 16.5. The molecule has 0 heterocycles. The number of carbonyl (C=O) groups excluding carboxylic acids is 2. The maximum absolute atomic E-state index is 12.6. The third-order valence-corrected chi connectivity index (χ3v) is 3.79. The number of ether oxygens (including phenoxy) is 1. The lowest BCUT2D eigenvalue weighted by Gasteiger charge is -2.22. The molecule has 0 unspecified atom stereocenters. The molecule has 1 amide bonds. The van der Waals surface area contributed by atoms with Crippen LogP contribution in [-0.4, -0.2) is 35.0 Å². The van der Waals surface area contributed by atoms with Crippen LogP contribution in [-0.2, 0) is 27.3 Å². The van der Waals surface area contributed by atoms with Crippen molar-refractivity contribution in [3.8, 4) is 5.75 Å². The molecule has 0 aliphatic heterocycles. The second kappa shape index (κ2) is 9.47. The molecular weight excluding hydrogens is 318 g/mol. The standard InChI is InChI=1S/C20H23NO4/c1-2-25-20(24)15-21(14-16-8-4-3-5-9-16)19(23)13-12-17-10-6-7-11-18(17)22/h3-11,22H,2,12-15H2,1H3. The van der Waals surface area contributed by atoms with E-state index in [9.17, 15) is 14.7 Å². The minimum atomic E-state index is -0.422. The molecule has 25 heavy (non-hydrogen) atoms. The summed E-state index contributed by atoms with van der Waals surface area (Å²) in [7, 11) is 0. The zero-order chi connectivity index (χ0) is 18.1. The zero-order valence-electron chi connectivity index (χ0n) is 14.4. The first kappa shape index (κ1) is 18.5. The largest absolute Gasteiger partial charge is 0.508 e. The number of phenols is 1. The normalized spacial score (nSPS) is 10.3. The Bertz CT molecular complexity index is 700. The molecule has 2 rings (SSSR count). The molecule has 0 spiro atoms. The van der Waals surface area contributed by atoms with Crippen molar-refractivity contribution in [1.82, 2.24) is 4.90 Å². The highest BCUT2D eigenvalue weighted by Crippen LogP contribution is 2.18. The van der Waals surface area contributed by atoms with Crippen molar-refractivity contribution in [3.63, 3.8) is 0 Å². The molecular formula is C20H23NO4. The highest BCUT2D eigenvalue weighted by molar-refractivity contribution is 5.82. The van der Waals surface area contributed by atoms with Gasteiger partial charge in [0.15, 0.2) is 0 Å². The first-order valence-corrected chi connectivity index (χ1v) is 8.34. The smallest absolute Gasteiger partial charge is 0.325 e. The molecule has 0 saturated carbocycles. The van der Waals surface area contributed by atoms with Gasteiger partial charge in [-0.2, -0.15) is 0 Å². The van der Waals surface area contributed by atoms with E-state index in [-0.39, 0.29) is 31.2 Å². The molecule has 0 atom stereocenters. The lowest BCUT2D eigenvalue weighted by Crippen LogP contribution is -2.36. The van der Waals surface area contributed by atoms with Crippen LogP contribution in [0.2, 0.25) is 0 Å². The fourth-order valence-corrected chi connectivity index (χ4v) is 2.52. The zero-order valence-corrected chi connectivity index (χ0v) is 14.4. The van der Waals surface area contributed by atoms with E-state index in [0.717, 1.165) is 5.56 Å². The van der Waals surface area contributed by atoms with Crippen molar-refractivity contribution in [2.75, 3.05) is 13.2 Å². The Kier molecular flexibility index (Phi) is 7.01. The summed E-state index contributed by atoms with van der Waals surface area (Å²) in [6.07, 6.45) is 0.628. The average molecular weight is 341 g/mol. The van der Waals surface area contributed by atoms with Crippen LogP contribution in [0.4, 0.5) is 0 Å². The van der Waals surface area contributed by atoms with Crippen molar-refractivity contribution in [2.45, 2.75) is 26.3 Å². The molecule has 0 fully saturated rings. The summed E-state index contributed by atoms with van der Waals surface area (Å²) < 4.78 is 4.97. The summed E-state index contributed by atoms with van der Waals surface area (Å²) in [4.78, 5) is 25.9. The third kappa shape index (κ3) is 5.95.